The molecule has 6 nitrogen and oxygen atoms in total. The van der Waals surface area contributed by atoms with Gasteiger partial charge in [0.25, 0.3) is 5.69 Å². The minimum atomic E-state index is -0.516. The predicted octanol–water partition coefficient (Wildman–Crippen LogP) is 3.24. The second-order valence-electron chi connectivity index (χ2n) is 5.09. The van der Waals surface area contributed by atoms with Crippen LogP contribution >= 0.6 is 0 Å². The van der Waals surface area contributed by atoms with Crippen LogP contribution in [-0.2, 0) is 12.8 Å². The summed E-state index contributed by atoms with van der Waals surface area (Å²) in [6, 6.07) is 8.37. The molecule has 0 spiro atoms. The molecule has 0 amide bonds. The SMILES string of the molecule is Nc1cc([N+](=O)[O-])cc(Oc2ccc3c(c2)CCCC3)n1. The van der Waals surface area contributed by atoms with Crippen LogP contribution in [0.1, 0.15) is 24.0 Å². The van der Waals surface area contributed by atoms with Crippen molar-refractivity contribution in [1.29, 1.82) is 0 Å². The largest absolute Gasteiger partial charge is 0.439 e. The van der Waals surface area contributed by atoms with Gasteiger partial charge in [-0.1, -0.05) is 6.07 Å². The molecule has 0 radical (unpaired) electrons. The van der Waals surface area contributed by atoms with Gasteiger partial charge in [0.05, 0.1) is 17.1 Å². The second kappa shape index (κ2) is 5.40. The normalized spacial score (nSPS) is 13.5. The van der Waals surface area contributed by atoms with E-state index in [0.717, 1.165) is 12.8 Å². The maximum absolute atomic E-state index is 10.8. The zero-order valence-electron chi connectivity index (χ0n) is 11.4. The third-order valence-corrected chi connectivity index (χ3v) is 3.56. The van der Waals surface area contributed by atoms with Gasteiger partial charge in [0.1, 0.15) is 11.6 Å². The Morgan fingerprint density at radius 3 is 2.67 bits per heavy atom. The Bertz CT molecular complexity index is 701. The summed E-state index contributed by atoms with van der Waals surface area (Å²) in [7, 11) is 0. The molecule has 21 heavy (non-hydrogen) atoms. The predicted molar refractivity (Wildman–Crippen MR) is 78.5 cm³/mol. The van der Waals surface area contributed by atoms with Crippen LogP contribution in [0, 0.1) is 10.1 Å². The molecule has 1 aliphatic rings. The van der Waals surface area contributed by atoms with Crippen LogP contribution in [0.3, 0.4) is 0 Å². The summed E-state index contributed by atoms with van der Waals surface area (Å²) < 4.78 is 5.62. The molecule has 0 unspecified atom stereocenters. The number of hydrogen-bond donors (Lipinski definition) is 1. The molecule has 3 rings (SSSR count). The van der Waals surface area contributed by atoms with E-state index in [-0.39, 0.29) is 17.4 Å². The lowest BCUT2D eigenvalue weighted by Gasteiger charge is -2.16. The number of anilines is 1. The number of nitrogen functional groups attached to an aromatic ring is 1. The lowest BCUT2D eigenvalue weighted by Crippen LogP contribution is -2.02. The molecule has 0 bridgehead atoms. The first-order valence-corrected chi connectivity index (χ1v) is 6.83. The highest BCUT2D eigenvalue weighted by Gasteiger charge is 2.13. The summed E-state index contributed by atoms with van der Waals surface area (Å²) in [6.07, 6.45) is 4.53. The average molecular weight is 285 g/mol. The number of rotatable bonds is 3. The number of pyridine rings is 1. The van der Waals surface area contributed by atoms with Gasteiger partial charge in [-0.25, -0.2) is 0 Å². The molecule has 108 valence electrons. The van der Waals surface area contributed by atoms with Crippen molar-refractivity contribution in [3.63, 3.8) is 0 Å². The van der Waals surface area contributed by atoms with Crippen molar-refractivity contribution in [2.45, 2.75) is 25.7 Å². The van der Waals surface area contributed by atoms with Gasteiger partial charge < -0.3 is 10.5 Å². The number of benzene rings is 1. The standard InChI is InChI=1S/C15H15N3O3/c16-14-8-12(18(19)20)9-15(17-14)21-13-6-5-10-3-1-2-4-11(10)7-13/h5-9H,1-4H2,(H2,16,17). The number of nitrogens with two attached hydrogens (primary N) is 1. The molecule has 6 heteroatoms. The first-order chi connectivity index (χ1) is 10.1. The van der Waals surface area contributed by atoms with Crippen molar-refractivity contribution >= 4 is 11.5 Å². The summed E-state index contributed by atoms with van der Waals surface area (Å²) in [5.74, 6) is 0.831. The fraction of sp³-hybridized carbons (Fsp3) is 0.267. The minimum absolute atomic E-state index is 0.0668. The molecule has 0 fully saturated rings. The first-order valence-electron chi connectivity index (χ1n) is 6.83. The highest BCUT2D eigenvalue weighted by Crippen LogP contribution is 2.29. The van der Waals surface area contributed by atoms with Crippen LogP contribution in [0.4, 0.5) is 11.5 Å². The molecule has 0 saturated carbocycles. The van der Waals surface area contributed by atoms with E-state index in [0.29, 0.717) is 5.75 Å². The molecule has 1 aliphatic carbocycles. The summed E-state index contributed by atoms with van der Waals surface area (Å²) in [4.78, 5) is 14.3. The summed E-state index contributed by atoms with van der Waals surface area (Å²) >= 11 is 0. The Balaban J connectivity index is 1.88. The fourth-order valence-electron chi connectivity index (χ4n) is 2.56. The number of aryl methyl sites for hydroxylation is 2. The molecular formula is C15H15N3O3. The van der Waals surface area contributed by atoms with Gasteiger partial charge in [-0.15, -0.1) is 0 Å². The van der Waals surface area contributed by atoms with Crippen molar-refractivity contribution in [2.24, 2.45) is 0 Å². The van der Waals surface area contributed by atoms with Crippen molar-refractivity contribution in [3.8, 4) is 11.6 Å². The van der Waals surface area contributed by atoms with E-state index in [4.69, 9.17) is 10.5 Å². The molecule has 0 aliphatic heterocycles. The molecule has 2 N–H and O–H groups in total. The van der Waals surface area contributed by atoms with Crippen LogP contribution < -0.4 is 10.5 Å². The van der Waals surface area contributed by atoms with Gasteiger partial charge in [-0.2, -0.15) is 4.98 Å². The van der Waals surface area contributed by atoms with E-state index in [1.165, 1.54) is 36.1 Å². The van der Waals surface area contributed by atoms with Gasteiger partial charge in [0, 0.05) is 0 Å². The van der Waals surface area contributed by atoms with Crippen molar-refractivity contribution < 1.29 is 9.66 Å². The maximum Gasteiger partial charge on any atom is 0.278 e. The zero-order chi connectivity index (χ0) is 14.8. The van der Waals surface area contributed by atoms with E-state index in [2.05, 4.69) is 4.98 Å². The number of aromatic nitrogens is 1. The van der Waals surface area contributed by atoms with Gasteiger partial charge in [-0.05, 0) is 48.9 Å². The quantitative estimate of drug-likeness (QED) is 0.690. The van der Waals surface area contributed by atoms with E-state index >= 15 is 0 Å². The average Bonchev–Trinajstić information content (AvgIpc) is 2.46. The third kappa shape index (κ3) is 2.94. The Morgan fingerprint density at radius 2 is 1.90 bits per heavy atom. The van der Waals surface area contributed by atoms with Crippen LogP contribution in [0.15, 0.2) is 30.3 Å². The van der Waals surface area contributed by atoms with Crippen LogP contribution in [0.5, 0.6) is 11.6 Å². The van der Waals surface area contributed by atoms with Gasteiger partial charge in [-0.3, -0.25) is 10.1 Å². The molecule has 1 aromatic carbocycles. The Hall–Kier alpha value is -2.63. The third-order valence-electron chi connectivity index (χ3n) is 3.56. The van der Waals surface area contributed by atoms with E-state index < -0.39 is 4.92 Å². The summed E-state index contributed by atoms with van der Waals surface area (Å²) in [5, 5.41) is 10.8. The van der Waals surface area contributed by atoms with E-state index in [1.54, 1.807) is 0 Å². The molecule has 2 aromatic rings. The van der Waals surface area contributed by atoms with Gasteiger partial charge >= 0.3 is 0 Å². The maximum atomic E-state index is 10.8. The summed E-state index contributed by atoms with van der Waals surface area (Å²) in [5.41, 5.74) is 8.06. The molecule has 1 heterocycles. The number of nitrogens with zero attached hydrogens (tertiary/aromatic N) is 2. The zero-order valence-corrected chi connectivity index (χ0v) is 11.4. The minimum Gasteiger partial charge on any atom is -0.439 e. The molecule has 0 saturated heterocycles. The lowest BCUT2D eigenvalue weighted by molar-refractivity contribution is -0.384. The van der Waals surface area contributed by atoms with Crippen molar-refractivity contribution in [1.82, 2.24) is 4.98 Å². The smallest absolute Gasteiger partial charge is 0.278 e. The van der Waals surface area contributed by atoms with Crippen molar-refractivity contribution in [3.05, 3.63) is 51.6 Å². The Labute approximate surface area is 121 Å². The fourth-order valence-corrected chi connectivity index (χ4v) is 2.56. The summed E-state index contributed by atoms with van der Waals surface area (Å²) in [6.45, 7) is 0. The number of nitro groups is 1. The highest BCUT2D eigenvalue weighted by atomic mass is 16.6. The monoisotopic (exact) mass is 285 g/mol. The van der Waals surface area contributed by atoms with Gasteiger partial charge in [0.2, 0.25) is 5.88 Å². The molecule has 1 aromatic heterocycles. The molecular weight excluding hydrogens is 270 g/mol. The Kier molecular flexibility index (Phi) is 3.43. The first kappa shape index (κ1) is 13.4. The van der Waals surface area contributed by atoms with E-state index in [1.807, 2.05) is 18.2 Å². The number of ether oxygens (including phenoxy) is 1. The molecule has 0 atom stereocenters. The number of hydrogen-bond acceptors (Lipinski definition) is 5. The topological polar surface area (TPSA) is 91.3 Å². The van der Waals surface area contributed by atoms with Crippen LogP contribution in [0.2, 0.25) is 0 Å². The lowest BCUT2D eigenvalue weighted by atomic mass is 9.92. The van der Waals surface area contributed by atoms with Crippen LogP contribution in [0.25, 0.3) is 0 Å². The second-order valence-corrected chi connectivity index (χ2v) is 5.09. The van der Waals surface area contributed by atoms with Crippen LogP contribution in [-0.4, -0.2) is 9.91 Å². The Morgan fingerprint density at radius 1 is 1.14 bits per heavy atom. The number of fused-ring (bicyclic) bond motifs is 1. The van der Waals surface area contributed by atoms with E-state index in [9.17, 15) is 10.1 Å². The highest BCUT2D eigenvalue weighted by molar-refractivity contribution is 5.47. The van der Waals surface area contributed by atoms with Gasteiger partial charge in [0.15, 0.2) is 0 Å². The van der Waals surface area contributed by atoms with Crippen molar-refractivity contribution in [2.75, 3.05) is 5.73 Å².